The quantitative estimate of drug-likeness (QED) is 0.947. The van der Waals surface area contributed by atoms with E-state index in [4.69, 9.17) is 0 Å². The highest BCUT2D eigenvalue weighted by molar-refractivity contribution is 7.08. The van der Waals surface area contributed by atoms with Gasteiger partial charge in [-0.15, -0.1) is 0 Å². The van der Waals surface area contributed by atoms with Gasteiger partial charge in [-0.1, -0.05) is 0 Å². The van der Waals surface area contributed by atoms with Gasteiger partial charge in [-0.3, -0.25) is 4.79 Å². The first-order valence-electron chi connectivity index (χ1n) is 7.23. The molecule has 1 fully saturated rings. The first kappa shape index (κ1) is 14.1. The number of rotatable bonds is 3. The van der Waals surface area contributed by atoms with Crippen LogP contribution in [0.4, 0.5) is 5.82 Å². The topological polar surface area (TPSA) is 45.2 Å². The minimum atomic E-state index is 0.156. The van der Waals surface area contributed by atoms with Crippen LogP contribution in [-0.2, 0) is 0 Å². The number of nitrogens with one attached hydrogen (secondary N) is 1. The lowest BCUT2D eigenvalue weighted by molar-refractivity contribution is 0.0707. The molecule has 5 heteroatoms. The molecule has 1 atom stereocenters. The third-order valence-corrected chi connectivity index (χ3v) is 4.67. The minimum Gasteiger partial charge on any atom is -0.373 e. The van der Waals surface area contributed by atoms with Gasteiger partial charge in [0.05, 0.1) is 5.56 Å². The summed E-state index contributed by atoms with van der Waals surface area (Å²) in [6, 6.07) is 6.05. The Hall–Kier alpha value is -1.88. The van der Waals surface area contributed by atoms with Gasteiger partial charge in [0.25, 0.3) is 5.91 Å². The van der Waals surface area contributed by atoms with Crippen LogP contribution in [0.2, 0.25) is 0 Å². The van der Waals surface area contributed by atoms with E-state index in [1.807, 2.05) is 35.0 Å². The molecule has 0 saturated carbocycles. The van der Waals surface area contributed by atoms with E-state index in [9.17, 15) is 4.79 Å². The number of thiophene rings is 1. The van der Waals surface area contributed by atoms with Crippen molar-refractivity contribution in [3.8, 4) is 0 Å². The molecule has 0 bridgehead atoms. The lowest BCUT2D eigenvalue weighted by atomic mass is 9.91. The van der Waals surface area contributed by atoms with E-state index in [0.29, 0.717) is 5.92 Å². The number of pyridine rings is 1. The van der Waals surface area contributed by atoms with Gasteiger partial charge in [-0.2, -0.15) is 11.3 Å². The predicted octanol–water partition coefficient (Wildman–Crippen LogP) is 3.20. The Labute approximate surface area is 128 Å². The van der Waals surface area contributed by atoms with E-state index in [1.165, 1.54) is 5.56 Å². The average molecular weight is 301 g/mol. The summed E-state index contributed by atoms with van der Waals surface area (Å²) in [6.45, 7) is 1.65. The second kappa shape index (κ2) is 6.26. The van der Waals surface area contributed by atoms with Crippen molar-refractivity contribution in [3.05, 3.63) is 46.3 Å². The summed E-state index contributed by atoms with van der Waals surface area (Å²) in [4.78, 5) is 18.7. The maximum Gasteiger partial charge on any atom is 0.254 e. The maximum absolute atomic E-state index is 12.5. The van der Waals surface area contributed by atoms with Crippen LogP contribution in [0.15, 0.2) is 35.2 Å². The van der Waals surface area contributed by atoms with E-state index >= 15 is 0 Å². The van der Waals surface area contributed by atoms with Crippen LogP contribution in [-0.4, -0.2) is 35.9 Å². The summed E-state index contributed by atoms with van der Waals surface area (Å²) >= 11 is 1.57. The van der Waals surface area contributed by atoms with Crippen LogP contribution in [0, 0.1) is 0 Å². The van der Waals surface area contributed by atoms with Crippen molar-refractivity contribution in [2.24, 2.45) is 0 Å². The molecule has 21 heavy (non-hydrogen) atoms. The van der Waals surface area contributed by atoms with Crippen molar-refractivity contribution in [1.29, 1.82) is 0 Å². The molecule has 3 heterocycles. The molecule has 4 nitrogen and oxygen atoms in total. The average Bonchev–Trinajstić information content (AvgIpc) is 3.09. The van der Waals surface area contributed by atoms with Gasteiger partial charge in [0.1, 0.15) is 5.82 Å². The van der Waals surface area contributed by atoms with Gasteiger partial charge in [0.15, 0.2) is 0 Å². The number of likely N-dealkylation sites (tertiary alicyclic amines) is 1. The highest BCUT2D eigenvalue weighted by Gasteiger charge is 2.25. The largest absolute Gasteiger partial charge is 0.373 e. The molecule has 110 valence electrons. The van der Waals surface area contributed by atoms with Gasteiger partial charge >= 0.3 is 0 Å². The van der Waals surface area contributed by atoms with E-state index in [-0.39, 0.29) is 5.91 Å². The van der Waals surface area contributed by atoms with E-state index in [2.05, 4.69) is 22.4 Å². The molecule has 2 aromatic heterocycles. The van der Waals surface area contributed by atoms with E-state index in [0.717, 1.165) is 37.3 Å². The summed E-state index contributed by atoms with van der Waals surface area (Å²) in [6.07, 6.45) is 4.01. The molecule has 1 N–H and O–H groups in total. The molecule has 0 aromatic carbocycles. The van der Waals surface area contributed by atoms with E-state index in [1.54, 1.807) is 11.3 Å². The van der Waals surface area contributed by atoms with Crippen molar-refractivity contribution in [2.75, 3.05) is 25.5 Å². The third kappa shape index (κ3) is 3.08. The van der Waals surface area contributed by atoms with Crippen molar-refractivity contribution in [3.63, 3.8) is 0 Å². The van der Waals surface area contributed by atoms with Gasteiger partial charge in [0, 0.05) is 37.6 Å². The highest BCUT2D eigenvalue weighted by atomic mass is 32.1. The van der Waals surface area contributed by atoms with Gasteiger partial charge in [-0.25, -0.2) is 4.98 Å². The van der Waals surface area contributed by atoms with E-state index < -0.39 is 0 Å². The Bertz CT molecular complexity index is 612. The number of piperidine rings is 1. The predicted molar refractivity (Wildman–Crippen MR) is 86.0 cm³/mol. The first-order valence-corrected chi connectivity index (χ1v) is 8.17. The fraction of sp³-hybridized carbons (Fsp3) is 0.375. The Morgan fingerprint density at radius 3 is 3.14 bits per heavy atom. The molecule has 1 aliphatic rings. The van der Waals surface area contributed by atoms with Crippen LogP contribution in [0.5, 0.6) is 0 Å². The van der Waals surface area contributed by atoms with Crippen molar-refractivity contribution >= 4 is 23.1 Å². The van der Waals surface area contributed by atoms with Gasteiger partial charge in [-0.05, 0) is 42.0 Å². The van der Waals surface area contributed by atoms with Crippen molar-refractivity contribution in [1.82, 2.24) is 9.88 Å². The first-order chi connectivity index (χ1) is 10.3. The lowest BCUT2D eigenvalue weighted by Crippen LogP contribution is -2.38. The molecular weight excluding hydrogens is 282 g/mol. The summed E-state index contributed by atoms with van der Waals surface area (Å²) in [5.74, 6) is 1.44. The number of anilines is 1. The molecular formula is C16H19N3OS. The Morgan fingerprint density at radius 1 is 1.48 bits per heavy atom. The zero-order chi connectivity index (χ0) is 14.7. The lowest BCUT2D eigenvalue weighted by Gasteiger charge is -2.33. The number of hydrogen-bond acceptors (Lipinski definition) is 4. The molecule has 0 unspecified atom stereocenters. The zero-order valence-electron chi connectivity index (χ0n) is 12.1. The Kier molecular flexibility index (Phi) is 4.20. The summed E-state index contributed by atoms with van der Waals surface area (Å²) < 4.78 is 0. The van der Waals surface area contributed by atoms with Crippen LogP contribution in [0.3, 0.4) is 0 Å². The summed E-state index contributed by atoms with van der Waals surface area (Å²) in [7, 11) is 1.87. The number of aromatic nitrogens is 1. The fourth-order valence-electron chi connectivity index (χ4n) is 2.84. The zero-order valence-corrected chi connectivity index (χ0v) is 12.9. The standard InChI is InChI=1S/C16H19N3OS/c1-17-15-9-12(4-6-18-15)13-3-2-7-19(10-13)16(20)14-5-8-21-11-14/h4-6,8-9,11,13H,2-3,7,10H2,1H3,(H,17,18)/t13-/m1/s1. The number of hydrogen-bond donors (Lipinski definition) is 1. The third-order valence-electron chi connectivity index (χ3n) is 3.99. The Morgan fingerprint density at radius 2 is 2.38 bits per heavy atom. The number of nitrogens with zero attached hydrogens (tertiary/aromatic N) is 2. The van der Waals surface area contributed by atoms with Crippen molar-refractivity contribution in [2.45, 2.75) is 18.8 Å². The number of carbonyl (C=O) groups excluding carboxylic acids is 1. The van der Waals surface area contributed by atoms with Crippen LogP contribution < -0.4 is 5.32 Å². The van der Waals surface area contributed by atoms with Gasteiger partial charge < -0.3 is 10.2 Å². The molecule has 2 aromatic rings. The summed E-state index contributed by atoms with van der Waals surface area (Å²) in [5, 5.41) is 6.96. The molecule has 1 saturated heterocycles. The van der Waals surface area contributed by atoms with Gasteiger partial charge in [0.2, 0.25) is 0 Å². The second-order valence-electron chi connectivity index (χ2n) is 5.33. The number of carbonyl (C=O) groups is 1. The molecule has 1 amide bonds. The summed E-state index contributed by atoms with van der Waals surface area (Å²) in [5.41, 5.74) is 2.07. The molecule has 0 aliphatic carbocycles. The smallest absolute Gasteiger partial charge is 0.254 e. The maximum atomic E-state index is 12.5. The molecule has 3 rings (SSSR count). The minimum absolute atomic E-state index is 0.156. The monoisotopic (exact) mass is 301 g/mol. The van der Waals surface area contributed by atoms with Crippen LogP contribution >= 0.6 is 11.3 Å². The van der Waals surface area contributed by atoms with Crippen LogP contribution in [0.25, 0.3) is 0 Å². The second-order valence-corrected chi connectivity index (χ2v) is 6.11. The SMILES string of the molecule is CNc1cc([C@@H]2CCCN(C(=O)c3ccsc3)C2)ccn1. The number of amides is 1. The van der Waals surface area contributed by atoms with Crippen molar-refractivity contribution < 1.29 is 4.79 Å². The fourth-order valence-corrected chi connectivity index (χ4v) is 3.47. The normalized spacial score (nSPS) is 18.5. The highest BCUT2D eigenvalue weighted by Crippen LogP contribution is 2.28. The molecule has 1 aliphatic heterocycles. The van der Waals surface area contributed by atoms with Crippen LogP contribution in [0.1, 0.15) is 34.7 Å². The molecule has 0 spiro atoms. The Balaban J connectivity index is 1.75. The molecule has 0 radical (unpaired) electrons.